The Kier molecular flexibility index (Phi) is 5.22. The molecule has 21 heavy (non-hydrogen) atoms. The van der Waals surface area contributed by atoms with Gasteiger partial charge in [-0.15, -0.1) is 0 Å². The topological polar surface area (TPSA) is 107 Å². The Hall–Kier alpha value is -2.65. The quantitative estimate of drug-likeness (QED) is 0.778. The van der Waals surface area contributed by atoms with Crippen LogP contribution in [0.15, 0.2) is 0 Å². The van der Waals surface area contributed by atoms with E-state index in [1.54, 1.807) is 19.0 Å². The number of nitrogens with zero attached hydrogens (tertiary/aromatic N) is 6. The van der Waals surface area contributed by atoms with Crippen molar-refractivity contribution in [1.82, 2.24) is 25.6 Å². The highest BCUT2D eigenvalue weighted by atomic mass is 16.2. The van der Waals surface area contributed by atoms with Gasteiger partial charge < -0.3 is 15.5 Å². The first-order valence-corrected chi connectivity index (χ1v) is 6.16. The molecule has 0 saturated heterocycles. The molecule has 4 amide bonds. The van der Waals surface area contributed by atoms with Gasteiger partial charge in [-0.3, -0.25) is 9.80 Å². The lowest BCUT2D eigenvalue weighted by Crippen LogP contribution is -2.39. The van der Waals surface area contributed by atoms with Crippen molar-refractivity contribution in [2.75, 3.05) is 57.0 Å². The summed E-state index contributed by atoms with van der Waals surface area (Å²) in [6.07, 6.45) is 0. The fourth-order valence-electron chi connectivity index (χ4n) is 1.36. The fraction of sp³-hybridized carbons (Fsp3) is 0.545. The van der Waals surface area contributed by atoms with Crippen molar-refractivity contribution >= 4 is 29.9 Å². The molecule has 1 rings (SSSR count). The van der Waals surface area contributed by atoms with Crippen LogP contribution in [0.4, 0.5) is 27.4 Å². The maximum atomic E-state index is 11.7. The third-order valence-corrected chi connectivity index (χ3v) is 2.64. The van der Waals surface area contributed by atoms with Crippen LogP contribution in [0.1, 0.15) is 0 Å². The highest BCUT2D eigenvalue weighted by Crippen LogP contribution is 2.16. The zero-order valence-corrected chi connectivity index (χ0v) is 13.0. The summed E-state index contributed by atoms with van der Waals surface area (Å²) in [5.41, 5.74) is 0. The minimum Gasteiger partial charge on any atom is -0.347 e. The Morgan fingerprint density at radius 1 is 0.762 bits per heavy atom. The van der Waals surface area contributed by atoms with Crippen LogP contribution in [-0.4, -0.2) is 69.3 Å². The smallest absolute Gasteiger partial charge is 0.323 e. The normalized spacial score (nSPS) is 9.81. The minimum atomic E-state index is -0.376. The van der Waals surface area contributed by atoms with Crippen LogP contribution in [0.25, 0.3) is 0 Å². The molecule has 1 heterocycles. The van der Waals surface area contributed by atoms with Gasteiger partial charge in [-0.05, 0) is 0 Å². The summed E-state index contributed by atoms with van der Waals surface area (Å²) >= 11 is 0. The fourth-order valence-corrected chi connectivity index (χ4v) is 1.36. The van der Waals surface area contributed by atoms with Crippen LogP contribution in [-0.2, 0) is 0 Å². The molecule has 0 fully saturated rings. The first-order valence-electron chi connectivity index (χ1n) is 6.16. The number of carbonyl (C=O) groups excluding carboxylic acids is 2. The molecule has 0 atom stereocenters. The number of amides is 4. The molecule has 116 valence electrons. The average Bonchev–Trinajstić information content (AvgIpc) is 2.51. The molecule has 10 heteroatoms. The lowest BCUT2D eigenvalue weighted by atomic mass is 10.6. The van der Waals surface area contributed by atoms with Gasteiger partial charge in [0.1, 0.15) is 0 Å². The lowest BCUT2D eigenvalue weighted by Gasteiger charge is -2.21. The molecule has 0 aliphatic heterocycles. The molecule has 0 radical (unpaired) electrons. The van der Waals surface area contributed by atoms with E-state index in [1.807, 2.05) is 0 Å². The molecular formula is C11H20N8O2. The lowest BCUT2D eigenvalue weighted by molar-refractivity contribution is 0.248. The maximum absolute atomic E-state index is 11.7. The van der Waals surface area contributed by atoms with E-state index in [-0.39, 0.29) is 24.0 Å². The van der Waals surface area contributed by atoms with Crippen LogP contribution in [0.5, 0.6) is 0 Å². The standard InChI is InChI=1S/C11H20N8O2/c1-12-10(20)18(5)8-14-7(17(3)4)15-9(16-8)19(6)11(21)13-2/h1-6H3,(H,12,20)(H,13,21). The van der Waals surface area contributed by atoms with E-state index in [9.17, 15) is 9.59 Å². The van der Waals surface area contributed by atoms with Crippen molar-refractivity contribution in [3.05, 3.63) is 0 Å². The summed E-state index contributed by atoms with van der Waals surface area (Å²) in [4.78, 5) is 40.0. The van der Waals surface area contributed by atoms with Crippen LogP contribution >= 0.6 is 0 Å². The second-order valence-corrected chi connectivity index (χ2v) is 4.36. The Labute approximate surface area is 123 Å². The number of urea groups is 2. The van der Waals surface area contributed by atoms with E-state index in [0.29, 0.717) is 5.95 Å². The summed E-state index contributed by atoms with van der Waals surface area (Å²) in [5.74, 6) is 0.610. The Bertz CT molecular complexity index is 493. The summed E-state index contributed by atoms with van der Waals surface area (Å²) < 4.78 is 0. The number of aromatic nitrogens is 3. The van der Waals surface area contributed by atoms with Gasteiger partial charge in [0.15, 0.2) is 0 Å². The Morgan fingerprint density at radius 2 is 1.10 bits per heavy atom. The largest absolute Gasteiger partial charge is 0.347 e. The summed E-state index contributed by atoms with van der Waals surface area (Å²) in [6, 6.07) is -0.751. The van der Waals surface area contributed by atoms with Crippen LogP contribution in [0, 0.1) is 0 Å². The van der Waals surface area contributed by atoms with Crippen molar-refractivity contribution in [3.63, 3.8) is 0 Å². The first-order chi connectivity index (χ1) is 9.81. The monoisotopic (exact) mass is 296 g/mol. The van der Waals surface area contributed by atoms with E-state index < -0.39 is 0 Å². The van der Waals surface area contributed by atoms with Gasteiger partial charge in [-0.1, -0.05) is 0 Å². The molecule has 1 aromatic rings. The molecule has 2 N–H and O–H groups in total. The third-order valence-electron chi connectivity index (χ3n) is 2.64. The van der Waals surface area contributed by atoms with Crippen molar-refractivity contribution in [3.8, 4) is 0 Å². The highest BCUT2D eigenvalue weighted by Gasteiger charge is 2.20. The predicted octanol–water partition coefficient (Wildman–Crippen LogP) is -0.511. The van der Waals surface area contributed by atoms with Crippen LogP contribution in [0.3, 0.4) is 0 Å². The second kappa shape index (κ2) is 6.68. The van der Waals surface area contributed by atoms with Crippen LogP contribution in [0.2, 0.25) is 0 Å². The number of rotatable bonds is 3. The van der Waals surface area contributed by atoms with Gasteiger partial charge in [-0.2, -0.15) is 15.0 Å². The van der Waals surface area contributed by atoms with Crippen molar-refractivity contribution in [1.29, 1.82) is 0 Å². The first kappa shape index (κ1) is 16.4. The number of nitrogens with one attached hydrogen (secondary N) is 2. The number of anilines is 3. The predicted molar refractivity (Wildman–Crippen MR) is 79.9 cm³/mol. The Balaban J connectivity index is 3.30. The molecule has 0 aliphatic carbocycles. The molecule has 1 aromatic heterocycles. The van der Waals surface area contributed by atoms with Gasteiger partial charge in [0.05, 0.1) is 0 Å². The summed E-state index contributed by atoms with van der Waals surface area (Å²) in [6.45, 7) is 0. The average molecular weight is 296 g/mol. The van der Waals surface area contributed by atoms with Gasteiger partial charge in [0.25, 0.3) is 0 Å². The van der Waals surface area contributed by atoms with E-state index in [2.05, 4.69) is 25.6 Å². The van der Waals surface area contributed by atoms with E-state index in [4.69, 9.17) is 0 Å². The van der Waals surface area contributed by atoms with Gasteiger partial charge in [-0.25, -0.2) is 9.59 Å². The van der Waals surface area contributed by atoms with Gasteiger partial charge >= 0.3 is 12.1 Å². The number of carbonyl (C=O) groups is 2. The summed E-state index contributed by atoms with van der Waals surface area (Å²) in [5, 5.41) is 4.95. The van der Waals surface area contributed by atoms with Crippen molar-refractivity contribution in [2.45, 2.75) is 0 Å². The second-order valence-electron chi connectivity index (χ2n) is 4.36. The third kappa shape index (κ3) is 3.68. The van der Waals surface area contributed by atoms with E-state index in [0.717, 1.165) is 0 Å². The molecule has 0 unspecified atom stereocenters. The molecule has 0 aromatic carbocycles. The van der Waals surface area contributed by atoms with E-state index >= 15 is 0 Å². The number of hydrogen-bond donors (Lipinski definition) is 2. The molecule has 0 bridgehead atoms. The molecule has 0 spiro atoms. The minimum absolute atomic E-state index is 0.138. The highest BCUT2D eigenvalue weighted by molar-refractivity contribution is 5.91. The zero-order chi connectivity index (χ0) is 16.2. The van der Waals surface area contributed by atoms with Crippen molar-refractivity contribution in [2.24, 2.45) is 0 Å². The number of hydrogen-bond acceptors (Lipinski definition) is 6. The SMILES string of the molecule is CNC(=O)N(C)c1nc(N(C)C)nc(N(C)C(=O)NC)n1. The summed E-state index contributed by atoms with van der Waals surface area (Å²) in [7, 11) is 9.56. The van der Waals surface area contributed by atoms with Crippen LogP contribution < -0.4 is 25.3 Å². The Morgan fingerprint density at radius 3 is 1.38 bits per heavy atom. The van der Waals surface area contributed by atoms with E-state index in [1.165, 1.54) is 38.0 Å². The molecule has 0 aliphatic rings. The molecule has 10 nitrogen and oxygen atoms in total. The van der Waals surface area contributed by atoms with Gasteiger partial charge in [0, 0.05) is 42.3 Å². The molecular weight excluding hydrogens is 276 g/mol. The molecule has 0 saturated carbocycles. The zero-order valence-electron chi connectivity index (χ0n) is 13.0. The van der Waals surface area contributed by atoms with Crippen molar-refractivity contribution < 1.29 is 9.59 Å². The van der Waals surface area contributed by atoms with Gasteiger partial charge in [0.2, 0.25) is 17.8 Å². The maximum Gasteiger partial charge on any atom is 0.323 e.